The van der Waals surface area contributed by atoms with Gasteiger partial charge < -0.3 is 11.1 Å². The molecule has 1 aromatic carbocycles. The van der Waals surface area contributed by atoms with Crippen molar-refractivity contribution >= 4 is 0 Å². The largest absolute Gasteiger partial charge is 0.329 e. The van der Waals surface area contributed by atoms with Crippen LogP contribution in [0.1, 0.15) is 18.5 Å². The average molecular weight is 182 g/mol. The normalized spacial score (nSPS) is 12.8. The van der Waals surface area contributed by atoms with Gasteiger partial charge in [0.15, 0.2) is 0 Å². The lowest BCUT2D eigenvalue weighted by atomic mass is 10.1. The number of benzene rings is 1. The quantitative estimate of drug-likeness (QED) is 0.739. The summed E-state index contributed by atoms with van der Waals surface area (Å²) in [5, 5.41) is 3.12. The second kappa shape index (κ2) is 4.94. The first-order valence-corrected chi connectivity index (χ1v) is 4.43. The first-order valence-electron chi connectivity index (χ1n) is 4.43. The topological polar surface area (TPSA) is 38.0 Å². The van der Waals surface area contributed by atoms with Gasteiger partial charge in [0.25, 0.3) is 0 Å². The number of nitrogens with one attached hydrogen (secondary N) is 1. The van der Waals surface area contributed by atoms with Crippen molar-refractivity contribution in [2.75, 3.05) is 13.1 Å². The Kier molecular flexibility index (Phi) is 3.86. The molecule has 0 fully saturated rings. The Morgan fingerprint density at radius 2 is 2.15 bits per heavy atom. The minimum absolute atomic E-state index is 0.0183. The van der Waals surface area contributed by atoms with E-state index in [0.29, 0.717) is 18.7 Å². The van der Waals surface area contributed by atoms with Gasteiger partial charge in [-0.2, -0.15) is 0 Å². The molecule has 1 unspecified atom stereocenters. The summed E-state index contributed by atoms with van der Waals surface area (Å²) >= 11 is 0. The zero-order chi connectivity index (χ0) is 9.68. The number of hydrogen-bond donors (Lipinski definition) is 2. The molecule has 72 valence electrons. The lowest BCUT2D eigenvalue weighted by Crippen LogP contribution is -2.25. The summed E-state index contributed by atoms with van der Waals surface area (Å²) in [6.07, 6.45) is 0. The van der Waals surface area contributed by atoms with Crippen LogP contribution in [0.3, 0.4) is 0 Å². The predicted molar refractivity (Wildman–Crippen MR) is 51.9 cm³/mol. The van der Waals surface area contributed by atoms with Crippen molar-refractivity contribution < 1.29 is 4.39 Å². The molecule has 3 N–H and O–H groups in total. The van der Waals surface area contributed by atoms with Crippen molar-refractivity contribution in [3.63, 3.8) is 0 Å². The SMILES string of the molecule is CC(NCCN)c1ccccc1F. The van der Waals surface area contributed by atoms with Gasteiger partial charge >= 0.3 is 0 Å². The van der Waals surface area contributed by atoms with Gasteiger partial charge in [0.2, 0.25) is 0 Å². The third-order valence-electron chi connectivity index (χ3n) is 1.97. The molecule has 3 heteroatoms. The minimum atomic E-state index is -0.167. The Morgan fingerprint density at radius 1 is 1.46 bits per heavy atom. The Hall–Kier alpha value is -0.930. The highest BCUT2D eigenvalue weighted by Crippen LogP contribution is 2.15. The van der Waals surface area contributed by atoms with E-state index < -0.39 is 0 Å². The monoisotopic (exact) mass is 182 g/mol. The van der Waals surface area contributed by atoms with Gasteiger partial charge in [0, 0.05) is 24.7 Å². The Balaban J connectivity index is 2.65. The van der Waals surface area contributed by atoms with Crippen molar-refractivity contribution in [1.29, 1.82) is 0 Å². The second-order valence-electron chi connectivity index (χ2n) is 2.99. The third kappa shape index (κ3) is 2.79. The molecule has 2 nitrogen and oxygen atoms in total. The molecule has 0 aromatic heterocycles. The van der Waals surface area contributed by atoms with Crippen molar-refractivity contribution in [2.45, 2.75) is 13.0 Å². The van der Waals surface area contributed by atoms with Crippen molar-refractivity contribution in [1.82, 2.24) is 5.32 Å². The maximum atomic E-state index is 13.2. The van der Waals surface area contributed by atoms with E-state index in [1.54, 1.807) is 12.1 Å². The Morgan fingerprint density at radius 3 is 2.77 bits per heavy atom. The van der Waals surface area contributed by atoms with E-state index in [0.717, 1.165) is 0 Å². The van der Waals surface area contributed by atoms with Crippen LogP contribution in [0.4, 0.5) is 4.39 Å². The summed E-state index contributed by atoms with van der Waals surface area (Å²) in [6, 6.07) is 6.79. The molecule has 0 aliphatic rings. The van der Waals surface area contributed by atoms with E-state index in [4.69, 9.17) is 5.73 Å². The molecular weight excluding hydrogens is 167 g/mol. The first-order chi connectivity index (χ1) is 6.25. The van der Waals surface area contributed by atoms with Gasteiger partial charge in [0.1, 0.15) is 5.82 Å². The van der Waals surface area contributed by atoms with Crippen LogP contribution in [0.5, 0.6) is 0 Å². The van der Waals surface area contributed by atoms with E-state index in [1.807, 2.05) is 13.0 Å². The summed E-state index contributed by atoms with van der Waals surface area (Å²) in [7, 11) is 0. The molecular formula is C10H15FN2. The smallest absolute Gasteiger partial charge is 0.127 e. The molecule has 0 bridgehead atoms. The molecule has 0 aliphatic heterocycles. The first kappa shape index (κ1) is 10.2. The van der Waals surface area contributed by atoms with E-state index in [9.17, 15) is 4.39 Å². The van der Waals surface area contributed by atoms with Crippen LogP contribution in [-0.2, 0) is 0 Å². The van der Waals surface area contributed by atoms with E-state index >= 15 is 0 Å². The van der Waals surface area contributed by atoms with Gasteiger partial charge in [-0.05, 0) is 13.0 Å². The van der Waals surface area contributed by atoms with E-state index in [2.05, 4.69) is 5.32 Å². The van der Waals surface area contributed by atoms with Crippen LogP contribution in [0.2, 0.25) is 0 Å². The summed E-state index contributed by atoms with van der Waals surface area (Å²) in [4.78, 5) is 0. The molecule has 0 heterocycles. The van der Waals surface area contributed by atoms with Gasteiger partial charge in [-0.25, -0.2) is 4.39 Å². The Labute approximate surface area is 77.9 Å². The molecule has 0 radical (unpaired) electrons. The van der Waals surface area contributed by atoms with Crippen molar-refractivity contribution in [2.24, 2.45) is 5.73 Å². The summed E-state index contributed by atoms with van der Waals surface area (Å²) in [5.41, 5.74) is 6.03. The number of nitrogens with two attached hydrogens (primary N) is 1. The molecule has 0 aliphatic carbocycles. The van der Waals surface area contributed by atoms with Crippen molar-refractivity contribution in [3.05, 3.63) is 35.6 Å². The highest BCUT2D eigenvalue weighted by molar-refractivity contribution is 5.20. The second-order valence-corrected chi connectivity index (χ2v) is 2.99. The summed E-state index contributed by atoms with van der Waals surface area (Å²) < 4.78 is 13.2. The molecule has 13 heavy (non-hydrogen) atoms. The fourth-order valence-corrected chi connectivity index (χ4v) is 1.24. The maximum absolute atomic E-state index is 13.2. The molecule has 1 aromatic rings. The number of hydrogen-bond acceptors (Lipinski definition) is 2. The highest BCUT2D eigenvalue weighted by Gasteiger charge is 2.07. The fourth-order valence-electron chi connectivity index (χ4n) is 1.24. The standard InChI is InChI=1S/C10H15FN2/c1-8(13-7-6-12)9-4-2-3-5-10(9)11/h2-5,8,13H,6-7,12H2,1H3. The average Bonchev–Trinajstić information content (AvgIpc) is 2.15. The van der Waals surface area contributed by atoms with Crippen LogP contribution in [-0.4, -0.2) is 13.1 Å². The Bertz CT molecular complexity index is 263. The molecule has 0 spiro atoms. The summed E-state index contributed by atoms with van der Waals surface area (Å²) in [5.74, 6) is -0.167. The van der Waals surface area contributed by atoms with Crippen LogP contribution in [0.15, 0.2) is 24.3 Å². The minimum Gasteiger partial charge on any atom is -0.329 e. The molecule has 0 amide bonds. The van der Waals surface area contributed by atoms with Gasteiger partial charge in [-0.15, -0.1) is 0 Å². The molecule has 0 saturated carbocycles. The van der Waals surface area contributed by atoms with Crippen LogP contribution in [0.25, 0.3) is 0 Å². The van der Waals surface area contributed by atoms with Gasteiger partial charge in [0.05, 0.1) is 0 Å². The highest BCUT2D eigenvalue weighted by atomic mass is 19.1. The van der Waals surface area contributed by atoms with Crippen LogP contribution >= 0.6 is 0 Å². The fraction of sp³-hybridized carbons (Fsp3) is 0.400. The third-order valence-corrected chi connectivity index (χ3v) is 1.97. The van der Waals surface area contributed by atoms with E-state index in [-0.39, 0.29) is 11.9 Å². The number of halogens is 1. The van der Waals surface area contributed by atoms with Gasteiger partial charge in [-0.3, -0.25) is 0 Å². The summed E-state index contributed by atoms with van der Waals surface area (Å²) in [6.45, 7) is 3.20. The predicted octanol–water partition coefficient (Wildman–Crippen LogP) is 1.43. The zero-order valence-corrected chi connectivity index (χ0v) is 7.76. The van der Waals surface area contributed by atoms with Crippen LogP contribution in [0, 0.1) is 5.82 Å². The number of rotatable bonds is 4. The zero-order valence-electron chi connectivity index (χ0n) is 7.76. The lowest BCUT2D eigenvalue weighted by Gasteiger charge is -2.13. The molecule has 1 rings (SSSR count). The van der Waals surface area contributed by atoms with Gasteiger partial charge in [-0.1, -0.05) is 18.2 Å². The van der Waals surface area contributed by atoms with Crippen LogP contribution < -0.4 is 11.1 Å². The van der Waals surface area contributed by atoms with Crippen molar-refractivity contribution in [3.8, 4) is 0 Å². The lowest BCUT2D eigenvalue weighted by molar-refractivity contribution is 0.534. The maximum Gasteiger partial charge on any atom is 0.127 e. The van der Waals surface area contributed by atoms with E-state index in [1.165, 1.54) is 6.07 Å². The molecule has 0 saturated heterocycles. The molecule has 1 atom stereocenters.